The van der Waals surface area contributed by atoms with Crippen LogP contribution < -0.4 is 0 Å². The van der Waals surface area contributed by atoms with Crippen molar-refractivity contribution in [3.8, 4) is 0 Å². The third kappa shape index (κ3) is 2.10. The van der Waals surface area contributed by atoms with Crippen molar-refractivity contribution in [1.29, 1.82) is 0 Å². The van der Waals surface area contributed by atoms with Crippen molar-refractivity contribution in [2.24, 2.45) is 11.8 Å². The molecule has 0 aromatic carbocycles. The highest BCUT2D eigenvalue weighted by Gasteiger charge is 2.32. The number of hydrogen-bond acceptors (Lipinski definition) is 1. The molecule has 2 unspecified atom stereocenters. The van der Waals surface area contributed by atoms with E-state index in [0.29, 0.717) is 11.8 Å². The quantitative estimate of drug-likeness (QED) is 0.597. The third-order valence-corrected chi connectivity index (χ3v) is 2.93. The van der Waals surface area contributed by atoms with Crippen LogP contribution in [0.1, 0.15) is 40.0 Å². The molecule has 0 aromatic rings. The van der Waals surface area contributed by atoms with Crippen LogP contribution in [0.2, 0.25) is 0 Å². The summed E-state index contributed by atoms with van der Waals surface area (Å²) in [4.78, 5) is 0. The van der Waals surface area contributed by atoms with E-state index in [2.05, 4.69) is 20.4 Å². The van der Waals surface area contributed by atoms with E-state index in [-0.39, 0.29) is 0 Å². The van der Waals surface area contributed by atoms with Gasteiger partial charge in [-0.15, -0.1) is 0 Å². The standard InChI is InChI=1S/C11H20O/c1-8(2)10-5-6-11(4,12)7-9(10)3/h8,10,12H,3,5-7H2,1-2,4H3. The summed E-state index contributed by atoms with van der Waals surface area (Å²) < 4.78 is 0. The van der Waals surface area contributed by atoms with Crippen molar-refractivity contribution in [1.82, 2.24) is 0 Å². The molecule has 0 amide bonds. The van der Waals surface area contributed by atoms with Crippen molar-refractivity contribution in [2.45, 2.75) is 45.6 Å². The molecule has 1 N–H and O–H groups in total. The van der Waals surface area contributed by atoms with Crippen molar-refractivity contribution in [2.75, 3.05) is 0 Å². The van der Waals surface area contributed by atoms with Gasteiger partial charge in [0.25, 0.3) is 0 Å². The SMILES string of the molecule is C=C1CC(C)(O)CCC1C(C)C. The Bertz CT molecular complexity index is 179. The number of rotatable bonds is 1. The Kier molecular flexibility index (Phi) is 2.62. The maximum Gasteiger partial charge on any atom is 0.0656 e. The van der Waals surface area contributed by atoms with Gasteiger partial charge in [-0.25, -0.2) is 0 Å². The molecule has 0 heterocycles. The molecule has 70 valence electrons. The van der Waals surface area contributed by atoms with E-state index in [0.717, 1.165) is 19.3 Å². The average molecular weight is 168 g/mol. The fraction of sp³-hybridized carbons (Fsp3) is 0.818. The Balaban J connectivity index is 2.60. The first-order valence-corrected chi connectivity index (χ1v) is 4.82. The molecule has 0 bridgehead atoms. The van der Waals surface area contributed by atoms with E-state index in [1.807, 2.05) is 6.92 Å². The fourth-order valence-electron chi connectivity index (χ4n) is 2.18. The molecular weight excluding hydrogens is 148 g/mol. The molecule has 1 fully saturated rings. The predicted octanol–water partition coefficient (Wildman–Crippen LogP) is 2.75. The molecule has 0 aliphatic heterocycles. The first-order valence-electron chi connectivity index (χ1n) is 4.82. The molecule has 0 aromatic heterocycles. The lowest BCUT2D eigenvalue weighted by Gasteiger charge is -2.36. The van der Waals surface area contributed by atoms with E-state index < -0.39 is 5.60 Å². The Morgan fingerprint density at radius 3 is 2.58 bits per heavy atom. The van der Waals surface area contributed by atoms with Crippen LogP contribution in [0, 0.1) is 11.8 Å². The Labute approximate surface area is 75.5 Å². The Hall–Kier alpha value is -0.300. The molecule has 1 aliphatic rings. The van der Waals surface area contributed by atoms with Crippen LogP contribution >= 0.6 is 0 Å². The van der Waals surface area contributed by atoms with Crippen LogP contribution in [0.25, 0.3) is 0 Å². The first kappa shape index (κ1) is 9.79. The highest BCUT2D eigenvalue weighted by atomic mass is 16.3. The minimum absolute atomic E-state index is 0.484. The van der Waals surface area contributed by atoms with Gasteiger partial charge >= 0.3 is 0 Å². The van der Waals surface area contributed by atoms with Gasteiger partial charge in [0.2, 0.25) is 0 Å². The van der Waals surface area contributed by atoms with Crippen LogP contribution in [0.4, 0.5) is 0 Å². The van der Waals surface area contributed by atoms with Crippen molar-refractivity contribution in [3.05, 3.63) is 12.2 Å². The summed E-state index contributed by atoms with van der Waals surface area (Å²) in [6.45, 7) is 10.4. The van der Waals surface area contributed by atoms with Crippen LogP contribution in [-0.2, 0) is 0 Å². The van der Waals surface area contributed by atoms with E-state index >= 15 is 0 Å². The second-order valence-electron chi connectivity index (χ2n) is 4.72. The van der Waals surface area contributed by atoms with E-state index in [1.165, 1.54) is 5.57 Å². The predicted molar refractivity (Wildman–Crippen MR) is 51.9 cm³/mol. The first-order chi connectivity index (χ1) is 5.42. The third-order valence-electron chi connectivity index (χ3n) is 2.93. The normalized spacial score (nSPS) is 37.4. The monoisotopic (exact) mass is 168 g/mol. The zero-order valence-electron chi connectivity index (χ0n) is 8.43. The zero-order chi connectivity index (χ0) is 9.35. The van der Waals surface area contributed by atoms with Crippen LogP contribution in [0.15, 0.2) is 12.2 Å². The summed E-state index contributed by atoms with van der Waals surface area (Å²) in [6, 6.07) is 0. The molecule has 2 atom stereocenters. The Morgan fingerprint density at radius 2 is 2.17 bits per heavy atom. The molecule has 1 rings (SSSR count). The van der Waals surface area contributed by atoms with Crippen molar-refractivity contribution in [3.63, 3.8) is 0 Å². The minimum atomic E-state index is -0.484. The highest BCUT2D eigenvalue weighted by Crippen LogP contribution is 2.38. The molecule has 12 heavy (non-hydrogen) atoms. The van der Waals surface area contributed by atoms with E-state index in [1.54, 1.807) is 0 Å². The molecule has 1 heteroatoms. The van der Waals surface area contributed by atoms with Crippen LogP contribution in [0.5, 0.6) is 0 Å². The van der Waals surface area contributed by atoms with Crippen LogP contribution in [0.3, 0.4) is 0 Å². The Morgan fingerprint density at radius 1 is 1.58 bits per heavy atom. The van der Waals surface area contributed by atoms with Gasteiger partial charge in [-0.05, 0) is 38.0 Å². The van der Waals surface area contributed by atoms with Gasteiger partial charge in [-0.2, -0.15) is 0 Å². The summed E-state index contributed by atoms with van der Waals surface area (Å²) >= 11 is 0. The molecule has 1 aliphatic carbocycles. The van der Waals surface area contributed by atoms with E-state index in [4.69, 9.17) is 0 Å². The topological polar surface area (TPSA) is 20.2 Å². The highest BCUT2D eigenvalue weighted by molar-refractivity contribution is 5.10. The maximum atomic E-state index is 9.78. The summed E-state index contributed by atoms with van der Waals surface area (Å²) in [7, 11) is 0. The van der Waals surface area contributed by atoms with Crippen molar-refractivity contribution < 1.29 is 5.11 Å². The van der Waals surface area contributed by atoms with Gasteiger partial charge in [0.1, 0.15) is 0 Å². The summed E-state index contributed by atoms with van der Waals surface area (Å²) in [5, 5.41) is 9.78. The lowest BCUT2D eigenvalue weighted by Crippen LogP contribution is -2.33. The minimum Gasteiger partial charge on any atom is -0.390 e. The maximum absolute atomic E-state index is 9.78. The molecule has 0 radical (unpaired) electrons. The number of hydrogen-bond donors (Lipinski definition) is 1. The molecule has 0 spiro atoms. The summed E-state index contributed by atoms with van der Waals surface area (Å²) in [5.74, 6) is 1.30. The fourth-order valence-corrected chi connectivity index (χ4v) is 2.18. The summed E-state index contributed by atoms with van der Waals surface area (Å²) in [6.07, 6.45) is 2.81. The summed E-state index contributed by atoms with van der Waals surface area (Å²) in [5.41, 5.74) is 0.754. The van der Waals surface area contributed by atoms with E-state index in [9.17, 15) is 5.11 Å². The van der Waals surface area contributed by atoms with Gasteiger partial charge in [0, 0.05) is 0 Å². The number of aliphatic hydroxyl groups is 1. The molecule has 1 nitrogen and oxygen atoms in total. The second kappa shape index (κ2) is 3.21. The smallest absolute Gasteiger partial charge is 0.0656 e. The molecule has 0 saturated heterocycles. The average Bonchev–Trinajstić information content (AvgIpc) is 1.83. The molecular formula is C11H20O. The van der Waals surface area contributed by atoms with Gasteiger partial charge < -0.3 is 5.11 Å². The van der Waals surface area contributed by atoms with Crippen LogP contribution in [-0.4, -0.2) is 10.7 Å². The molecule has 1 saturated carbocycles. The van der Waals surface area contributed by atoms with Crippen molar-refractivity contribution >= 4 is 0 Å². The second-order valence-corrected chi connectivity index (χ2v) is 4.72. The van der Waals surface area contributed by atoms with Gasteiger partial charge in [-0.1, -0.05) is 26.0 Å². The lowest BCUT2D eigenvalue weighted by molar-refractivity contribution is 0.0251. The van der Waals surface area contributed by atoms with Gasteiger partial charge in [0.05, 0.1) is 5.60 Å². The van der Waals surface area contributed by atoms with Gasteiger partial charge in [0.15, 0.2) is 0 Å². The zero-order valence-corrected chi connectivity index (χ0v) is 8.43. The largest absolute Gasteiger partial charge is 0.390 e. The van der Waals surface area contributed by atoms with Gasteiger partial charge in [-0.3, -0.25) is 0 Å². The lowest BCUT2D eigenvalue weighted by atomic mass is 9.72.